The average molecular weight is 254 g/mol. The lowest BCUT2D eigenvalue weighted by Gasteiger charge is -2.12. The number of thioether (sulfide) groups is 1. The lowest BCUT2D eigenvalue weighted by atomic mass is 10.2. The molecule has 16 heavy (non-hydrogen) atoms. The molecule has 0 saturated heterocycles. The Labute approximate surface area is 99.8 Å². The lowest BCUT2D eigenvalue weighted by Crippen LogP contribution is -2.16. The predicted molar refractivity (Wildman–Crippen MR) is 63.3 cm³/mol. The molecule has 1 unspecified atom stereocenters. The second kappa shape index (κ2) is 7.87. The number of carboxylic acid groups (broad SMARTS) is 1. The van der Waals surface area contributed by atoms with Crippen LogP contribution in [0.1, 0.15) is 46.0 Å². The highest BCUT2D eigenvalue weighted by atomic mass is 32.2. The van der Waals surface area contributed by atoms with Crippen molar-refractivity contribution in [3.63, 3.8) is 0 Å². The van der Waals surface area contributed by atoms with Crippen molar-refractivity contribution < 1.29 is 18.7 Å². The van der Waals surface area contributed by atoms with Gasteiger partial charge in [-0.15, -0.1) is 11.8 Å². The summed E-state index contributed by atoms with van der Waals surface area (Å²) >= 11 is 1.36. The van der Waals surface area contributed by atoms with Crippen molar-refractivity contribution in [2.75, 3.05) is 5.75 Å². The number of rotatable bonds is 9. The highest BCUT2D eigenvalue weighted by Gasteiger charge is 2.20. The first-order chi connectivity index (χ1) is 7.37. The Balaban J connectivity index is 3.59. The van der Waals surface area contributed by atoms with Crippen molar-refractivity contribution in [1.82, 2.24) is 0 Å². The van der Waals surface area contributed by atoms with Crippen LogP contribution in [-0.4, -0.2) is 28.0 Å². The van der Waals surface area contributed by atoms with Gasteiger partial charge in [0.25, 0.3) is 0 Å². The molecule has 0 saturated carbocycles. The average Bonchev–Trinajstić information content (AvgIpc) is 2.13. The summed E-state index contributed by atoms with van der Waals surface area (Å²) in [6, 6.07) is 0. The van der Waals surface area contributed by atoms with Crippen molar-refractivity contribution in [1.29, 1.82) is 0 Å². The number of hydrogen-bond donors (Lipinski definition) is 1. The Morgan fingerprint density at radius 1 is 1.44 bits per heavy atom. The molecule has 1 N–H and O–H groups in total. The van der Waals surface area contributed by atoms with Gasteiger partial charge in [-0.05, 0) is 31.9 Å². The fourth-order valence-electron chi connectivity index (χ4n) is 1.30. The normalized spacial score (nSPS) is 13.8. The van der Waals surface area contributed by atoms with Gasteiger partial charge >= 0.3 is 5.97 Å². The number of halogens is 2. The van der Waals surface area contributed by atoms with Gasteiger partial charge in [0.1, 0.15) is 5.25 Å². The summed E-state index contributed by atoms with van der Waals surface area (Å²) < 4.78 is 24.9. The summed E-state index contributed by atoms with van der Waals surface area (Å²) in [5.41, 5.74) is 0. The highest BCUT2D eigenvalue weighted by molar-refractivity contribution is 8.00. The molecule has 0 aliphatic heterocycles. The standard InChI is InChI=1S/C11H20F2O2S/c1-3-6-9(10(14)15)16-8-5-4-7-11(2,12)13/h9H,3-8H2,1-2H3,(H,14,15). The Bertz CT molecular complexity index is 205. The molecular weight excluding hydrogens is 234 g/mol. The van der Waals surface area contributed by atoms with Gasteiger partial charge in [-0.3, -0.25) is 4.79 Å². The van der Waals surface area contributed by atoms with E-state index in [2.05, 4.69) is 0 Å². The molecule has 0 bridgehead atoms. The zero-order chi connectivity index (χ0) is 12.6. The summed E-state index contributed by atoms with van der Waals surface area (Å²) in [6.45, 7) is 2.85. The zero-order valence-electron chi connectivity index (χ0n) is 9.84. The van der Waals surface area contributed by atoms with Gasteiger partial charge < -0.3 is 5.11 Å². The van der Waals surface area contributed by atoms with Crippen LogP contribution < -0.4 is 0 Å². The summed E-state index contributed by atoms with van der Waals surface area (Å²) in [4.78, 5) is 10.8. The molecule has 0 radical (unpaired) electrons. The Kier molecular flexibility index (Phi) is 7.72. The first kappa shape index (κ1) is 15.7. The Morgan fingerprint density at radius 2 is 2.06 bits per heavy atom. The fourth-order valence-corrected chi connectivity index (χ4v) is 2.50. The number of hydrogen-bond acceptors (Lipinski definition) is 2. The third-order valence-electron chi connectivity index (χ3n) is 2.16. The summed E-state index contributed by atoms with van der Waals surface area (Å²) in [5, 5.41) is 8.47. The number of aliphatic carboxylic acids is 1. The first-order valence-electron chi connectivity index (χ1n) is 5.59. The molecule has 0 aromatic heterocycles. The smallest absolute Gasteiger partial charge is 0.316 e. The number of alkyl halides is 2. The van der Waals surface area contributed by atoms with Gasteiger partial charge in [-0.2, -0.15) is 0 Å². The maximum absolute atomic E-state index is 12.5. The molecule has 0 aliphatic carbocycles. The number of unbranched alkanes of at least 4 members (excludes halogenated alkanes) is 1. The maximum atomic E-state index is 12.5. The van der Waals surface area contributed by atoms with Crippen LogP contribution in [0.4, 0.5) is 8.78 Å². The van der Waals surface area contributed by atoms with Crippen molar-refractivity contribution in [2.24, 2.45) is 0 Å². The van der Waals surface area contributed by atoms with E-state index in [1.165, 1.54) is 11.8 Å². The van der Waals surface area contributed by atoms with Crippen molar-refractivity contribution in [3.05, 3.63) is 0 Å². The maximum Gasteiger partial charge on any atom is 0.316 e. The third-order valence-corrected chi connectivity index (χ3v) is 3.52. The van der Waals surface area contributed by atoms with E-state index in [0.717, 1.165) is 13.3 Å². The largest absolute Gasteiger partial charge is 0.480 e. The van der Waals surface area contributed by atoms with Crippen LogP contribution in [-0.2, 0) is 4.79 Å². The van der Waals surface area contributed by atoms with Crippen molar-refractivity contribution >= 4 is 17.7 Å². The van der Waals surface area contributed by atoms with E-state index in [-0.39, 0.29) is 11.7 Å². The minimum atomic E-state index is -2.60. The van der Waals surface area contributed by atoms with Gasteiger partial charge in [0.15, 0.2) is 0 Å². The number of carboxylic acids is 1. The molecule has 0 rings (SSSR count). The predicted octanol–water partition coefficient (Wildman–Crippen LogP) is 3.80. The Hall–Kier alpha value is -0.320. The van der Waals surface area contributed by atoms with E-state index in [4.69, 9.17) is 5.11 Å². The van der Waals surface area contributed by atoms with Gasteiger partial charge in [0.2, 0.25) is 5.92 Å². The molecule has 0 fully saturated rings. The monoisotopic (exact) mass is 254 g/mol. The molecular formula is C11H20F2O2S. The highest BCUT2D eigenvalue weighted by Crippen LogP contribution is 2.22. The van der Waals surface area contributed by atoms with E-state index in [1.807, 2.05) is 6.92 Å². The van der Waals surface area contributed by atoms with Crippen LogP contribution in [0.5, 0.6) is 0 Å². The van der Waals surface area contributed by atoms with Crippen LogP contribution in [0.2, 0.25) is 0 Å². The molecule has 2 nitrogen and oxygen atoms in total. The van der Waals surface area contributed by atoms with Gasteiger partial charge in [0, 0.05) is 6.42 Å². The second-order valence-corrected chi connectivity index (χ2v) is 5.32. The molecule has 0 aliphatic rings. The van der Waals surface area contributed by atoms with Crippen molar-refractivity contribution in [2.45, 2.75) is 57.1 Å². The summed E-state index contributed by atoms with van der Waals surface area (Å²) in [5.74, 6) is -2.75. The van der Waals surface area contributed by atoms with Crippen molar-refractivity contribution in [3.8, 4) is 0 Å². The van der Waals surface area contributed by atoms with Crippen LogP contribution >= 0.6 is 11.8 Å². The molecule has 96 valence electrons. The molecule has 0 aromatic rings. The van der Waals surface area contributed by atoms with E-state index >= 15 is 0 Å². The van der Waals surface area contributed by atoms with E-state index in [0.29, 0.717) is 25.0 Å². The summed E-state index contributed by atoms with van der Waals surface area (Å²) in [7, 11) is 0. The molecule has 0 heterocycles. The Morgan fingerprint density at radius 3 is 2.50 bits per heavy atom. The molecule has 1 atom stereocenters. The minimum Gasteiger partial charge on any atom is -0.480 e. The van der Waals surface area contributed by atoms with Gasteiger partial charge in [0.05, 0.1) is 0 Å². The topological polar surface area (TPSA) is 37.3 Å². The van der Waals surface area contributed by atoms with E-state index < -0.39 is 11.9 Å². The van der Waals surface area contributed by atoms with E-state index in [1.54, 1.807) is 0 Å². The van der Waals surface area contributed by atoms with Crippen LogP contribution in [0, 0.1) is 0 Å². The minimum absolute atomic E-state index is 0.112. The summed E-state index contributed by atoms with van der Waals surface area (Å²) in [6.07, 6.45) is 2.47. The SMILES string of the molecule is CCCC(SCCCCC(C)(F)F)C(=O)O. The molecule has 0 aromatic carbocycles. The molecule has 0 spiro atoms. The lowest BCUT2D eigenvalue weighted by molar-refractivity contribution is -0.136. The number of carbonyl (C=O) groups is 1. The van der Waals surface area contributed by atoms with Crippen LogP contribution in [0.3, 0.4) is 0 Å². The third kappa shape index (κ3) is 8.95. The van der Waals surface area contributed by atoms with Crippen LogP contribution in [0.15, 0.2) is 0 Å². The van der Waals surface area contributed by atoms with Crippen LogP contribution in [0.25, 0.3) is 0 Å². The molecule has 5 heteroatoms. The van der Waals surface area contributed by atoms with Gasteiger partial charge in [-0.1, -0.05) is 13.3 Å². The second-order valence-electron chi connectivity index (χ2n) is 4.01. The van der Waals surface area contributed by atoms with Gasteiger partial charge in [-0.25, -0.2) is 8.78 Å². The first-order valence-corrected chi connectivity index (χ1v) is 6.64. The zero-order valence-corrected chi connectivity index (χ0v) is 10.7. The molecule has 0 amide bonds. The quantitative estimate of drug-likeness (QED) is 0.636. The fraction of sp³-hybridized carbons (Fsp3) is 0.909. The van der Waals surface area contributed by atoms with E-state index in [9.17, 15) is 13.6 Å².